The van der Waals surface area contributed by atoms with Crippen molar-refractivity contribution in [3.63, 3.8) is 0 Å². The standard InChI is InChI=1S/C14H11ClO2S/c1-18-12-5-3-11(4-6-12)17-14-7-2-10(9-16)8-13(14)15/h2-9H,1H3. The van der Waals surface area contributed by atoms with E-state index < -0.39 is 0 Å². The summed E-state index contributed by atoms with van der Waals surface area (Å²) in [6, 6.07) is 12.7. The summed E-state index contributed by atoms with van der Waals surface area (Å²) in [5.41, 5.74) is 0.532. The molecule has 2 nitrogen and oxygen atoms in total. The van der Waals surface area contributed by atoms with E-state index in [-0.39, 0.29) is 0 Å². The summed E-state index contributed by atoms with van der Waals surface area (Å²) >= 11 is 7.70. The first kappa shape index (κ1) is 13.0. The van der Waals surface area contributed by atoms with Gasteiger partial charge in [-0.15, -0.1) is 11.8 Å². The van der Waals surface area contributed by atoms with Crippen LogP contribution < -0.4 is 4.74 Å². The highest BCUT2D eigenvalue weighted by atomic mass is 35.5. The molecule has 0 saturated heterocycles. The summed E-state index contributed by atoms with van der Waals surface area (Å²) < 4.78 is 5.65. The number of thioether (sulfide) groups is 1. The molecule has 0 bridgehead atoms. The van der Waals surface area contributed by atoms with Gasteiger partial charge in [-0.2, -0.15) is 0 Å². The lowest BCUT2D eigenvalue weighted by atomic mass is 10.2. The first-order valence-corrected chi connectivity index (χ1v) is 6.90. The van der Waals surface area contributed by atoms with Crippen molar-refractivity contribution in [3.8, 4) is 11.5 Å². The molecule has 0 aliphatic heterocycles. The Labute approximate surface area is 115 Å². The van der Waals surface area contributed by atoms with Gasteiger partial charge in [0.05, 0.1) is 5.02 Å². The summed E-state index contributed by atoms with van der Waals surface area (Å²) in [6.45, 7) is 0. The second-order valence-electron chi connectivity index (χ2n) is 3.59. The Morgan fingerprint density at radius 3 is 2.44 bits per heavy atom. The van der Waals surface area contributed by atoms with Gasteiger partial charge in [0.25, 0.3) is 0 Å². The third-order valence-corrected chi connectivity index (χ3v) is 3.42. The van der Waals surface area contributed by atoms with Crippen LogP contribution in [0.2, 0.25) is 5.02 Å². The molecule has 0 aliphatic rings. The van der Waals surface area contributed by atoms with Crippen LogP contribution in [0.1, 0.15) is 10.4 Å². The largest absolute Gasteiger partial charge is 0.456 e. The van der Waals surface area contributed by atoms with E-state index in [1.54, 1.807) is 30.0 Å². The van der Waals surface area contributed by atoms with Crippen LogP contribution in [0, 0.1) is 0 Å². The van der Waals surface area contributed by atoms with Crippen molar-refractivity contribution < 1.29 is 9.53 Å². The first-order valence-electron chi connectivity index (χ1n) is 5.29. The van der Waals surface area contributed by atoms with Gasteiger partial charge in [-0.25, -0.2) is 0 Å². The van der Waals surface area contributed by atoms with Crippen LogP contribution in [-0.2, 0) is 0 Å². The Morgan fingerprint density at radius 2 is 1.89 bits per heavy atom. The second-order valence-corrected chi connectivity index (χ2v) is 4.87. The Bertz CT molecular complexity index is 552. The molecule has 0 fully saturated rings. The SMILES string of the molecule is CSc1ccc(Oc2ccc(C=O)cc2Cl)cc1. The maximum atomic E-state index is 10.6. The molecule has 18 heavy (non-hydrogen) atoms. The van der Waals surface area contributed by atoms with Crippen LogP contribution in [0.4, 0.5) is 0 Å². The van der Waals surface area contributed by atoms with Gasteiger partial charge < -0.3 is 4.74 Å². The number of rotatable bonds is 4. The number of ether oxygens (including phenoxy) is 1. The predicted molar refractivity (Wildman–Crippen MR) is 75.1 cm³/mol. The lowest BCUT2D eigenvalue weighted by molar-refractivity contribution is 0.112. The third kappa shape index (κ3) is 3.06. The number of carbonyl (C=O) groups is 1. The quantitative estimate of drug-likeness (QED) is 0.601. The minimum absolute atomic E-state index is 0.425. The molecule has 0 saturated carbocycles. The number of hydrogen-bond donors (Lipinski definition) is 0. The fourth-order valence-electron chi connectivity index (χ4n) is 1.44. The summed E-state index contributed by atoms with van der Waals surface area (Å²) in [4.78, 5) is 11.8. The maximum Gasteiger partial charge on any atom is 0.150 e. The minimum atomic E-state index is 0.425. The Hall–Kier alpha value is -1.45. The summed E-state index contributed by atoms with van der Waals surface area (Å²) in [7, 11) is 0. The fraction of sp³-hybridized carbons (Fsp3) is 0.0714. The Morgan fingerprint density at radius 1 is 1.17 bits per heavy atom. The molecule has 0 spiro atoms. The zero-order valence-corrected chi connectivity index (χ0v) is 11.3. The number of halogens is 1. The van der Waals surface area contributed by atoms with Gasteiger partial charge in [-0.3, -0.25) is 4.79 Å². The Balaban J connectivity index is 2.19. The van der Waals surface area contributed by atoms with E-state index in [4.69, 9.17) is 16.3 Å². The average Bonchev–Trinajstić information content (AvgIpc) is 2.42. The lowest BCUT2D eigenvalue weighted by Gasteiger charge is -2.08. The number of aldehydes is 1. The van der Waals surface area contributed by atoms with Crippen LogP contribution in [-0.4, -0.2) is 12.5 Å². The average molecular weight is 279 g/mol. The van der Waals surface area contributed by atoms with Crippen molar-refractivity contribution in [2.24, 2.45) is 0 Å². The summed E-state index contributed by atoms with van der Waals surface area (Å²) in [5.74, 6) is 1.26. The monoisotopic (exact) mass is 278 g/mol. The zero-order chi connectivity index (χ0) is 13.0. The molecule has 2 rings (SSSR count). The molecule has 0 unspecified atom stereocenters. The molecule has 0 heterocycles. The highest BCUT2D eigenvalue weighted by Crippen LogP contribution is 2.30. The molecule has 0 atom stereocenters. The van der Waals surface area contributed by atoms with E-state index in [1.807, 2.05) is 30.5 Å². The van der Waals surface area contributed by atoms with Crippen LogP contribution >= 0.6 is 23.4 Å². The second kappa shape index (κ2) is 5.94. The van der Waals surface area contributed by atoms with E-state index in [2.05, 4.69) is 0 Å². The van der Waals surface area contributed by atoms with E-state index in [9.17, 15) is 4.79 Å². The van der Waals surface area contributed by atoms with Crippen molar-refractivity contribution in [1.29, 1.82) is 0 Å². The minimum Gasteiger partial charge on any atom is -0.456 e. The van der Waals surface area contributed by atoms with Crippen molar-refractivity contribution in [3.05, 3.63) is 53.1 Å². The zero-order valence-electron chi connectivity index (χ0n) is 9.72. The van der Waals surface area contributed by atoms with Gasteiger partial charge in [0, 0.05) is 10.5 Å². The molecule has 0 N–H and O–H groups in total. The van der Waals surface area contributed by atoms with Crippen molar-refractivity contribution in [2.75, 3.05) is 6.26 Å². The van der Waals surface area contributed by atoms with E-state index in [0.29, 0.717) is 22.1 Å². The van der Waals surface area contributed by atoms with Gasteiger partial charge in [0.2, 0.25) is 0 Å². The molecule has 2 aromatic rings. The summed E-state index contributed by atoms with van der Waals surface area (Å²) in [5, 5.41) is 0.425. The molecular weight excluding hydrogens is 268 g/mol. The van der Waals surface area contributed by atoms with Gasteiger partial charge in [0.15, 0.2) is 0 Å². The van der Waals surface area contributed by atoms with E-state index >= 15 is 0 Å². The smallest absolute Gasteiger partial charge is 0.150 e. The highest BCUT2D eigenvalue weighted by molar-refractivity contribution is 7.98. The van der Waals surface area contributed by atoms with E-state index in [1.165, 1.54) is 4.90 Å². The molecule has 92 valence electrons. The van der Waals surface area contributed by atoms with Crippen molar-refractivity contribution in [1.82, 2.24) is 0 Å². The lowest BCUT2D eigenvalue weighted by Crippen LogP contribution is -1.87. The topological polar surface area (TPSA) is 26.3 Å². The van der Waals surface area contributed by atoms with Crippen LogP contribution in [0.25, 0.3) is 0 Å². The number of hydrogen-bond acceptors (Lipinski definition) is 3. The molecule has 0 amide bonds. The highest BCUT2D eigenvalue weighted by Gasteiger charge is 2.04. The van der Waals surface area contributed by atoms with Crippen LogP contribution in [0.15, 0.2) is 47.4 Å². The fourth-order valence-corrected chi connectivity index (χ4v) is 2.08. The van der Waals surface area contributed by atoms with Gasteiger partial charge in [-0.05, 0) is 48.7 Å². The predicted octanol–water partition coefficient (Wildman–Crippen LogP) is 4.67. The van der Waals surface area contributed by atoms with Crippen LogP contribution in [0.3, 0.4) is 0 Å². The molecule has 0 aromatic heterocycles. The number of carbonyl (C=O) groups excluding carboxylic acids is 1. The van der Waals surface area contributed by atoms with Gasteiger partial charge >= 0.3 is 0 Å². The molecule has 4 heteroatoms. The van der Waals surface area contributed by atoms with Crippen molar-refractivity contribution >= 4 is 29.6 Å². The van der Waals surface area contributed by atoms with Gasteiger partial charge in [0.1, 0.15) is 17.8 Å². The third-order valence-electron chi connectivity index (χ3n) is 2.38. The summed E-state index contributed by atoms with van der Waals surface area (Å²) in [6.07, 6.45) is 2.77. The normalized spacial score (nSPS) is 10.1. The molecule has 2 aromatic carbocycles. The van der Waals surface area contributed by atoms with Crippen molar-refractivity contribution in [2.45, 2.75) is 4.90 Å². The molecule has 0 radical (unpaired) electrons. The van der Waals surface area contributed by atoms with Gasteiger partial charge in [-0.1, -0.05) is 11.6 Å². The number of benzene rings is 2. The maximum absolute atomic E-state index is 10.6. The molecular formula is C14H11ClO2S. The Kier molecular flexibility index (Phi) is 4.28. The first-order chi connectivity index (χ1) is 8.72. The van der Waals surface area contributed by atoms with E-state index in [0.717, 1.165) is 6.29 Å². The molecule has 0 aliphatic carbocycles. The van der Waals surface area contributed by atoms with Crippen LogP contribution in [0.5, 0.6) is 11.5 Å².